The van der Waals surface area contributed by atoms with E-state index in [1.54, 1.807) is 6.07 Å². The zero-order valence-corrected chi connectivity index (χ0v) is 10.1. The summed E-state index contributed by atoms with van der Waals surface area (Å²) in [5.74, 6) is 1.57. The lowest BCUT2D eigenvalue weighted by atomic mass is 10.2. The summed E-state index contributed by atoms with van der Waals surface area (Å²) in [5, 5.41) is 9.12. The van der Waals surface area contributed by atoms with E-state index in [1.165, 1.54) is 6.20 Å². The number of carbonyl (C=O) groups is 1. The van der Waals surface area contributed by atoms with Crippen LogP contribution in [-0.4, -0.2) is 29.1 Å². The van der Waals surface area contributed by atoms with E-state index in [9.17, 15) is 4.79 Å². The van der Waals surface area contributed by atoms with E-state index in [1.807, 2.05) is 18.7 Å². The minimum absolute atomic E-state index is 0.194. The van der Waals surface area contributed by atoms with Crippen molar-refractivity contribution in [2.45, 2.75) is 20.3 Å². The first-order chi connectivity index (χ1) is 8.10. The molecule has 0 aliphatic carbocycles. The van der Waals surface area contributed by atoms with Gasteiger partial charge in [0.25, 0.3) is 0 Å². The maximum absolute atomic E-state index is 11.1. The molecule has 1 N–H and O–H groups in total. The van der Waals surface area contributed by atoms with Crippen LogP contribution >= 0.6 is 0 Å². The number of hydrogen-bond donors (Lipinski definition) is 1. The average molecular weight is 232 g/mol. The van der Waals surface area contributed by atoms with Crippen LogP contribution in [0, 0.1) is 19.3 Å². The van der Waals surface area contributed by atoms with E-state index >= 15 is 0 Å². The number of rotatable bonds is 5. The quantitative estimate of drug-likeness (QED) is 0.788. The molecule has 4 heteroatoms. The minimum Gasteiger partial charge on any atom is -0.478 e. The van der Waals surface area contributed by atoms with Gasteiger partial charge in [-0.1, -0.05) is 12.8 Å². The molecular formula is C13H16N2O2. The fraction of sp³-hybridized carbons (Fsp3) is 0.385. The molecule has 0 saturated carbocycles. The summed E-state index contributed by atoms with van der Waals surface area (Å²) in [7, 11) is 0. The maximum atomic E-state index is 11.1. The molecule has 1 heterocycles. The monoisotopic (exact) mass is 232 g/mol. The van der Waals surface area contributed by atoms with Crippen molar-refractivity contribution < 1.29 is 9.90 Å². The number of hydrogen-bond acceptors (Lipinski definition) is 3. The SMILES string of the molecule is C#CCN(CCC)c1cc(C)ncc1C(=O)O. The number of aromatic carboxylic acids is 1. The molecule has 0 unspecified atom stereocenters. The van der Waals surface area contributed by atoms with Crippen LogP contribution in [0.25, 0.3) is 0 Å². The van der Waals surface area contributed by atoms with Gasteiger partial charge in [-0.3, -0.25) is 4.98 Å². The number of carboxylic acid groups (broad SMARTS) is 1. The Balaban J connectivity index is 3.19. The van der Waals surface area contributed by atoms with Crippen LogP contribution in [0.1, 0.15) is 29.4 Å². The van der Waals surface area contributed by atoms with Crippen molar-refractivity contribution >= 4 is 11.7 Å². The van der Waals surface area contributed by atoms with E-state index in [4.69, 9.17) is 11.5 Å². The smallest absolute Gasteiger partial charge is 0.339 e. The van der Waals surface area contributed by atoms with E-state index in [0.717, 1.165) is 18.7 Å². The number of aryl methyl sites for hydroxylation is 1. The van der Waals surface area contributed by atoms with Gasteiger partial charge in [0.15, 0.2) is 0 Å². The van der Waals surface area contributed by atoms with Gasteiger partial charge >= 0.3 is 5.97 Å². The Labute approximate surface area is 101 Å². The second kappa shape index (κ2) is 5.90. The zero-order valence-electron chi connectivity index (χ0n) is 10.1. The lowest BCUT2D eigenvalue weighted by molar-refractivity contribution is 0.0697. The third-order valence-corrected chi connectivity index (χ3v) is 2.37. The Bertz CT molecular complexity index is 449. The van der Waals surface area contributed by atoms with Crippen molar-refractivity contribution in [3.8, 4) is 12.3 Å². The molecular weight excluding hydrogens is 216 g/mol. The molecule has 0 saturated heterocycles. The molecule has 90 valence electrons. The summed E-state index contributed by atoms with van der Waals surface area (Å²) < 4.78 is 0. The molecule has 0 spiro atoms. The molecule has 1 rings (SSSR count). The lowest BCUT2D eigenvalue weighted by Gasteiger charge is -2.23. The molecule has 0 amide bonds. The van der Waals surface area contributed by atoms with E-state index in [0.29, 0.717) is 12.2 Å². The molecule has 0 bridgehead atoms. The Hall–Kier alpha value is -2.02. The largest absolute Gasteiger partial charge is 0.478 e. The third-order valence-electron chi connectivity index (χ3n) is 2.37. The van der Waals surface area contributed by atoms with Gasteiger partial charge in [0, 0.05) is 18.4 Å². The molecule has 1 aromatic heterocycles. The third kappa shape index (κ3) is 3.22. The van der Waals surface area contributed by atoms with Crippen LogP contribution in [0.15, 0.2) is 12.3 Å². The normalized spacial score (nSPS) is 9.71. The van der Waals surface area contributed by atoms with Crippen molar-refractivity contribution in [2.24, 2.45) is 0 Å². The summed E-state index contributed by atoms with van der Waals surface area (Å²) in [4.78, 5) is 17.0. The van der Waals surface area contributed by atoms with Gasteiger partial charge in [0.1, 0.15) is 5.56 Å². The van der Waals surface area contributed by atoms with Gasteiger partial charge in [-0.25, -0.2) is 4.79 Å². The van der Waals surface area contributed by atoms with Gasteiger partial charge in [0.05, 0.1) is 12.2 Å². The van der Waals surface area contributed by atoms with E-state index in [-0.39, 0.29) is 5.56 Å². The highest BCUT2D eigenvalue weighted by Gasteiger charge is 2.15. The van der Waals surface area contributed by atoms with E-state index in [2.05, 4.69) is 10.9 Å². The number of aromatic nitrogens is 1. The number of anilines is 1. The van der Waals surface area contributed by atoms with Gasteiger partial charge in [-0.2, -0.15) is 0 Å². The molecule has 17 heavy (non-hydrogen) atoms. The fourth-order valence-electron chi connectivity index (χ4n) is 1.64. The van der Waals surface area contributed by atoms with Crippen LogP contribution < -0.4 is 4.90 Å². The number of nitrogens with zero attached hydrogens (tertiary/aromatic N) is 2. The zero-order chi connectivity index (χ0) is 12.8. The molecule has 0 aliphatic rings. The van der Waals surface area contributed by atoms with Crippen molar-refractivity contribution in [1.29, 1.82) is 0 Å². The first kappa shape index (κ1) is 13.0. The van der Waals surface area contributed by atoms with Crippen molar-refractivity contribution in [3.05, 3.63) is 23.5 Å². The molecule has 1 aromatic rings. The average Bonchev–Trinajstić information content (AvgIpc) is 2.28. The van der Waals surface area contributed by atoms with Gasteiger partial charge in [-0.05, 0) is 19.4 Å². The second-order valence-electron chi connectivity index (χ2n) is 3.77. The van der Waals surface area contributed by atoms with Crippen LogP contribution in [0.4, 0.5) is 5.69 Å². The van der Waals surface area contributed by atoms with Crippen molar-refractivity contribution in [2.75, 3.05) is 18.0 Å². The Morgan fingerprint density at radius 1 is 1.65 bits per heavy atom. The topological polar surface area (TPSA) is 53.4 Å². The van der Waals surface area contributed by atoms with Crippen LogP contribution in [-0.2, 0) is 0 Å². The minimum atomic E-state index is -0.981. The summed E-state index contributed by atoms with van der Waals surface area (Å²) in [6.07, 6.45) is 7.59. The Morgan fingerprint density at radius 3 is 2.88 bits per heavy atom. The van der Waals surface area contributed by atoms with Crippen molar-refractivity contribution in [3.63, 3.8) is 0 Å². The summed E-state index contributed by atoms with van der Waals surface area (Å²) in [5.41, 5.74) is 1.62. The highest BCUT2D eigenvalue weighted by molar-refractivity contribution is 5.94. The van der Waals surface area contributed by atoms with Crippen LogP contribution in [0.2, 0.25) is 0 Å². The highest BCUT2D eigenvalue weighted by atomic mass is 16.4. The molecule has 0 radical (unpaired) electrons. The second-order valence-corrected chi connectivity index (χ2v) is 3.77. The summed E-state index contributed by atoms with van der Waals surface area (Å²) in [6, 6.07) is 1.76. The lowest BCUT2D eigenvalue weighted by Crippen LogP contribution is -2.26. The van der Waals surface area contributed by atoms with Gasteiger partial charge in [0.2, 0.25) is 0 Å². The Morgan fingerprint density at radius 2 is 2.35 bits per heavy atom. The predicted octanol–water partition coefficient (Wildman–Crippen LogP) is 1.94. The summed E-state index contributed by atoms with van der Waals surface area (Å²) >= 11 is 0. The highest BCUT2D eigenvalue weighted by Crippen LogP contribution is 2.21. The first-order valence-corrected chi connectivity index (χ1v) is 5.48. The van der Waals surface area contributed by atoms with Crippen LogP contribution in [0.5, 0.6) is 0 Å². The molecule has 0 aliphatic heterocycles. The standard InChI is InChI=1S/C13H16N2O2/c1-4-6-15(7-5-2)12-8-10(3)14-9-11(12)13(16)17/h1,8-9H,5-7H2,2-3H3,(H,16,17). The van der Waals surface area contributed by atoms with Crippen molar-refractivity contribution in [1.82, 2.24) is 4.98 Å². The fourth-order valence-corrected chi connectivity index (χ4v) is 1.64. The van der Waals surface area contributed by atoms with Crippen LogP contribution in [0.3, 0.4) is 0 Å². The number of carboxylic acids is 1. The maximum Gasteiger partial charge on any atom is 0.339 e. The summed E-state index contributed by atoms with van der Waals surface area (Å²) in [6.45, 7) is 4.98. The molecule has 0 aromatic carbocycles. The Kier molecular flexibility index (Phi) is 4.53. The predicted molar refractivity (Wildman–Crippen MR) is 67.3 cm³/mol. The van der Waals surface area contributed by atoms with Gasteiger partial charge in [-0.15, -0.1) is 6.42 Å². The van der Waals surface area contributed by atoms with Gasteiger partial charge < -0.3 is 10.0 Å². The molecule has 4 nitrogen and oxygen atoms in total. The van der Waals surface area contributed by atoms with E-state index < -0.39 is 5.97 Å². The first-order valence-electron chi connectivity index (χ1n) is 5.48. The number of terminal acetylenes is 1. The molecule has 0 atom stereocenters. The number of pyridine rings is 1. The molecule has 0 fully saturated rings.